The topological polar surface area (TPSA) is 45.2 Å². The molecule has 1 fully saturated rings. The van der Waals surface area contributed by atoms with Gasteiger partial charge in [0.1, 0.15) is 0 Å². The molecule has 4 rings (SSSR count). The highest BCUT2D eigenvalue weighted by atomic mass is 32.1. The van der Waals surface area contributed by atoms with Gasteiger partial charge < -0.3 is 10.2 Å². The first kappa shape index (κ1) is 21.5. The summed E-state index contributed by atoms with van der Waals surface area (Å²) in [4.78, 5) is 19.6. The summed E-state index contributed by atoms with van der Waals surface area (Å²) in [6, 6.07) is 14.4. The fourth-order valence-corrected chi connectivity index (χ4v) is 4.53. The Balaban J connectivity index is 1.44. The van der Waals surface area contributed by atoms with E-state index in [0.717, 1.165) is 35.4 Å². The monoisotopic (exact) mass is 445 g/mol. The fourth-order valence-electron chi connectivity index (χ4n) is 3.82. The third-order valence-electron chi connectivity index (χ3n) is 5.51. The Hall–Kier alpha value is -2.71. The van der Waals surface area contributed by atoms with Gasteiger partial charge in [-0.05, 0) is 42.7 Å². The van der Waals surface area contributed by atoms with Crippen LogP contribution in [0.4, 0.5) is 13.2 Å². The Morgan fingerprint density at radius 2 is 1.74 bits per heavy atom. The van der Waals surface area contributed by atoms with E-state index < -0.39 is 11.7 Å². The maximum Gasteiger partial charge on any atom is 0.416 e. The van der Waals surface area contributed by atoms with Crippen molar-refractivity contribution in [2.45, 2.75) is 31.1 Å². The number of nitrogens with zero attached hydrogens (tertiary/aromatic N) is 2. The number of carbonyl (C=O) groups is 1. The number of hydrogen-bond acceptors (Lipinski definition) is 4. The van der Waals surface area contributed by atoms with Gasteiger partial charge in [0, 0.05) is 35.8 Å². The Kier molecular flexibility index (Phi) is 6.38. The number of amides is 1. The zero-order valence-electron chi connectivity index (χ0n) is 16.7. The maximum absolute atomic E-state index is 12.9. The molecule has 0 spiro atoms. The normalized spacial score (nSPS) is 16.3. The lowest BCUT2D eigenvalue weighted by molar-refractivity contribution is -0.137. The number of carbonyl (C=O) groups excluding carboxylic acids is 1. The largest absolute Gasteiger partial charge is 0.416 e. The second-order valence-corrected chi connectivity index (χ2v) is 8.47. The lowest BCUT2D eigenvalue weighted by Gasteiger charge is -2.34. The number of hydrogen-bond donors (Lipinski definition) is 1. The van der Waals surface area contributed by atoms with Crippen molar-refractivity contribution in [2.24, 2.45) is 0 Å². The van der Waals surface area contributed by atoms with E-state index in [1.54, 1.807) is 11.7 Å². The molecule has 1 atom stereocenters. The molecular formula is C23H22F3N3OS. The summed E-state index contributed by atoms with van der Waals surface area (Å²) in [7, 11) is 0. The molecule has 1 saturated heterocycles. The van der Waals surface area contributed by atoms with E-state index >= 15 is 0 Å². The first-order valence-electron chi connectivity index (χ1n) is 10.1. The predicted octanol–water partition coefficient (Wildman–Crippen LogP) is 5.15. The van der Waals surface area contributed by atoms with Gasteiger partial charge in [-0.1, -0.05) is 30.3 Å². The number of halogens is 3. The van der Waals surface area contributed by atoms with E-state index in [2.05, 4.69) is 10.3 Å². The van der Waals surface area contributed by atoms with Gasteiger partial charge >= 0.3 is 6.18 Å². The van der Waals surface area contributed by atoms with Crippen LogP contribution in [0.3, 0.4) is 0 Å². The van der Waals surface area contributed by atoms with Crippen molar-refractivity contribution >= 4 is 17.2 Å². The zero-order valence-corrected chi connectivity index (χ0v) is 17.5. The van der Waals surface area contributed by atoms with Crippen LogP contribution in [-0.4, -0.2) is 34.9 Å². The van der Waals surface area contributed by atoms with Crippen molar-refractivity contribution < 1.29 is 18.0 Å². The van der Waals surface area contributed by atoms with Crippen LogP contribution in [0.1, 0.15) is 45.2 Å². The molecule has 162 valence electrons. The smallest absolute Gasteiger partial charge is 0.339 e. The standard InChI is InChI=1S/C23H22F3N3OS/c24-23(25,26)18-8-6-16(7-9-18)21(20-14-27-15-31-20)28-19-10-12-29(13-11-19)22(30)17-4-2-1-3-5-17/h1-9,14-15,19,21,28H,10-13H2. The van der Waals surface area contributed by atoms with E-state index in [4.69, 9.17) is 0 Å². The number of piperidine rings is 1. The molecule has 1 aliphatic heterocycles. The highest BCUT2D eigenvalue weighted by molar-refractivity contribution is 7.09. The van der Waals surface area contributed by atoms with Gasteiger partial charge in [-0.25, -0.2) is 0 Å². The predicted molar refractivity (Wildman–Crippen MR) is 114 cm³/mol. The molecule has 1 aromatic heterocycles. The second-order valence-electron chi connectivity index (χ2n) is 7.56. The molecule has 0 bridgehead atoms. The molecule has 0 saturated carbocycles. The quantitative estimate of drug-likeness (QED) is 0.591. The lowest BCUT2D eigenvalue weighted by Crippen LogP contribution is -2.45. The molecule has 2 aromatic carbocycles. The molecular weight excluding hydrogens is 423 g/mol. The summed E-state index contributed by atoms with van der Waals surface area (Å²) >= 11 is 1.47. The molecule has 31 heavy (non-hydrogen) atoms. The fraction of sp³-hybridized carbons (Fsp3) is 0.304. The molecule has 0 radical (unpaired) electrons. The van der Waals surface area contributed by atoms with E-state index in [1.165, 1.54) is 23.5 Å². The number of benzene rings is 2. The SMILES string of the molecule is O=C(c1ccccc1)N1CCC(NC(c2ccc(C(F)(F)F)cc2)c2cncs2)CC1. The minimum Gasteiger partial charge on any atom is -0.339 e. The number of rotatable bonds is 5. The van der Waals surface area contributed by atoms with Gasteiger partial charge in [-0.15, -0.1) is 11.3 Å². The number of nitrogens with one attached hydrogen (secondary N) is 1. The Morgan fingerprint density at radius 1 is 1.06 bits per heavy atom. The zero-order chi connectivity index (χ0) is 21.8. The maximum atomic E-state index is 12.9. The summed E-state index contributed by atoms with van der Waals surface area (Å²) in [5.41, 5.74) is 2.50. The first-order valence-corrected chi connectivity index (χ1v) is 11.0. The summed E-state index contributed by atoms with van der Waals surface area (Å²) in [6.45, 7) is 1.27. The molecule has 1 amide bonds. The number of alkyl halides is 3. The number of thiazole rings is 1. The second kappa shape index (κ2) is 9.20. The Bertz CT molecular complexity index is 983. The van der Waals surface area contributed by atoms with Crippen LogP contribution >= 0.6 is 11.3 Å². The van der Waals surface area contributed by atoms with E-state index in [-0.39, 0.29) is 18.0 Å². The van der Waals surface area contributed by atoms with Gasteiger partial charge in [-0.2, -0.15) is 13.2 Å². The van der Waals surface area contributed by atoms with Crippen LogP contribution in [0.15, 0.2) is 66.3 Å². The molecule has 8 heteroatoms. The average molecular weight is 446 g/mol. The third kappa shape index (κ3) is 5.14. The lowest BCUT2D eigenvalue weighted by atomic mass is 9.98. The molecule has 2 heterocycles. The van der Waals surface area contributed by atoms with Gasteiger partial charge in [0.05, 0.1) is 17.1 Å². The Morgan fingerprint density at radius 3 is 2.32 bits per heavy atom. The minimum atomic E-state index is -4.36. The van der Waals surface area contributed by atoms with Crippen LogP contribution in [0.25, 0.3) is 0 Å². The Labute approximate surface area is 182 Å². The van der Waals surface area contributed by atoms with Crippen LogP contribution in [0, 0.1) is 0 Å². The third-order valence-corrected chi connectivity index (χ3v) is 6.35. The van der Waals surface area contributed by atoms with Crippen molar-refractivity contribution in [1.29, 1.82) is 0 Å². The highest BCUT2D eigenvalue weighted by Crippen LogP contribution is 2.32. The minimum absolute atomic E-state index is 0.0285. The van der Waals surface area contributed by atoms with Gasteiger partial charge in [-0.3, -0.25) is 9.78 Å². The van der Waals surface area contributed by atoms with Crippen LogP contribution < -0.4 is 5.32 Å². The van der Waals surface area contributed by atoms with Gasteiger partial charge in [0.2, 0.25) is 0 Å². The molecule has 3 aromatic rings. The van der Waals surface area contributed by atoms with Crippen molar-refractivity contribution in [3.8, 4) is 0 Å². The number of likely N-dealkylation sites (tertiary alicyclic amines) is 1. The van der Waals surface area contributed by atoms with Crippen LogP contribution in [-0.2, 0) is 6.18 Å². The van der Waals surface area contributed by atoms with Gasteiger partial charge in [0.25, 0.3) is 5.91 Å². The average Bonchev–Trinajstić information content (AvgIpc) is 3.32. The van der Waals surface area contributed by atoms with Crippen molar-refractivity contribution in [3.63, 3.8) is 0 Å². The van der Waals surface area contributed by atoms with E-state index in [9.17, 15) is 18.0 Å². The molecule has 1 aliphatic rings. The van der Waals surface area contributed by atoms with Crippen molar-refractivity contribution in [1.82, 2.24) is 15.2 Å². The summed E-state index contributed by atoms with van der Waals surface area (Å²) < 4.78 is 38.8. The van der Waals surface area contributed by atoms with Gasteiger partial charge in [0.15, 0.2) is 0 Å². The van der Waals surface area contributed by atoms with Crippen molar-refractivity contribution in [3.05, 3.63) is 87.9 Å². The molecule has 4 nitrogen and oxygen atoms in total. The van der Waals surface area contributed by atoms with E-state index in [1.807, 2.05) is 35.2 Å². The summed E-state index contributed by atoms with van der Waals surface area (Å²) in [6.07, 6.45) is -1.07. The first-order chi connectivity index (χ1) is 14.9. The van der Waals surface area contributed by atoms with Crippen molar-refractivity contribution in [2.75, 3.05) is 13.1 Å². The van der Waals surface area contributed by atoms with E-state index in [0.29, 0.717) is 18.7 Å². The molecule has 0 aliphatic carbocycles. The number of aromatic nitrogens is 1. The summed E-state index contributed by atoms with van der Waals surface area (Å²) in [5.74, 6) is 0.0285. The summed E-state index contributed by atoms with van der Waals surface area (Å²) in [5, 5.41) is 3.58. The molecule has 1 N–H and O–H groups in total. The highest BCUT2D eigenvalue weighted by Gasteiger charge is 2.31. The van der Waals surface area contributed by atoms with Crippen LogP contribution in [0.2, 0.25) is 0 Å². The molecule has 1 unspecified atom stereocenters. The van der Waals surface area contributed by atoms with Crippen LogP contribution in [0.5, 0.6) is 0 Å².